The second-order valence-corrected chi connectivity index (χ2v) is 4.42. The molecule has 1 aromatic carbocycles. The minimum Gasteiger partial charge on any atom is -0.493 e. The molecule has 0 radical (unpaired) electrons. The van der Waals surface area contributed by atoms with Crippen molar-refractivity contribution in [3.63, 3.8) is 0 Å². The fourth-order valence-corrected chi connectivity index (χ4v) is 1.80. The highest BCUT2D eigenvalue weighted by molar-refractivity contribution is 5.64. The van der Waals surface area contributed by atoms with Crippen LogP contribution in [0, 0.1) is 0 Å². The first-order chi connectivity index (χ1) is 10.1. The van der Waals surface area contributed by atoms with Crippen LogP contribution in [0.1, 0.15) is 12.5 Å². The summed E-state index contributed by atoms with van der Waals surface area (Å²) < 4.78 is 39.6. The van der Waals surface area contributed by atoms with Gasteiger partial charge in [-0.2, -0.15) is 8.78 Å². The van der Waals surface area contributed by atoms with E-state index in [2.05, 4.69) is 10.1 Å². The van der Waals surface area contributed by atoms with Gasteiger partial charge in [-0.05, 0) is 13.0 Å². The highest BCUT2D eigenvalue weighted by Gasteiger charge is 2.14. The molecule has 0 atom stereocenters. The standard InChI is InChI=1S/C15H21F2NO3/c1-11(10-18-7-8-19-2)9-12-5-4-6-13(20-3)14(12)21-15(16)17/h4-6,9,15,18H,7-8,10H2,1-3H3. The Morgan fingerprint density at radius 1 is 1.33 bits per heavy atom. The van der Waals surface area contributed by atoms with Crippen molar-refractivity contribution in [3.05, 3.63) is 29.3 Å². The molecule has 4 nitrogen and oxygen atoms in total. The lowest BCUT2D eigenvalue weighted by Crippen LogP contribution is -2.20. The summed E-state index contributed by atoms with van der Waals surface area (Å²) in [5, 5.41) is 3.18. The molecule has 118 valence electrons. The van der Waals surface area contributed by atoms with Gasteiger partial charge in [-0.25, -0.2) is 0 Å². The minimum atomic E-state index is -2.89. The normalized spacial score (nSPS) is 11.8. The van der Waals surface area contributed by atoms with Crippen molar-refractivity contribution in [1.29, 1.82) is 0 Å². The molecule has 0 saturated carbocycles. The van der Waals surface area contributed by atoms with Gasteiger partial charge in [-0.1, -0.05) is 23.8 Å². The second kappa shape index (κ2) is 9.31. The Balaban J connectivity index is 2.85. The van der Waals surface area contributed by atoms with E-state index in [9.17, 15) is 8.78 Å². The first kappa shape index (κ1) is 17.4. The third-order valence-electron chi connectivity index (χ3n) is 2.72. The van der Waals surface area contributed by atoms with E-state index in [4.69, 9.17) is 9.47 Å². The van der Waals surface area contributed by atoms with Gasteiger partial charge >= 0.3 is 6.61 Å². The zero-order chi connectivity index (χ0) is 15.7. The average Bonchev–Trinajstić information content (AvgIpc) is 2.45. The summed E-state index contributed by atoms with van der Waals surface area (Å²) in [5.74, 6) is 0.329. The van der Waals surface area contributed by atoms with Crippen LogP contribution in [0.2, 0.25) is 0 Å². The predicted octanol–water partition coefficient (Wildman–Crippen LogP) is 2.94. The highest BCUT2D eigenvalue weighted by Crippen LogP contribution is 2.33. The fraction of sp³-hybridized carbons (Fsp3) is 0.467. The SMILES string of the molecule is COCCNCC(C)=Cc1cccc(OC)c1OC(F)F. The van der Waals surface area contributed by atoms with Crippen LogP contribution < -0.4 is 14.8 Å². The molecule has 0 spiro atoms. The van der Waals surface area contributed by atoms with Gasteiger partial charge in [-0.3, -0.25) is 0 Å². The summed E-state index contributed by atoms with van der Waals surface area (Å²) in [6.07, 6.45) is 1.79. The van der Waals surface area contributed by atoms with Crippen LogP contribution in [0.5, 0.6) is 11.5 Å². The van der Waals surface area contributed by atoms with Crippen LogP contribution in [-0.2, 0) is 4.74 Å². The summed E-state index contributed by atoms with van der Waals surface area (Å²) in [5.41, 5.74) is 1.54. The Hall–Kier alpha value is -1.66. The highest BCUT2D eigenvalue weighted by atomic mass is 19.3. The number of methoxy groups -OCH3 is 2. The van der Waals surface area contributed by atoms with Crippen molar-refractivity contribution in [2.24, 2.45) is 0 Å². The number of hydrogen-bond donors (Lipinski definition) is 1. The Bertz CT molecular complexity index is 464. The molecule has 0 bridgehead atoms. The van der Waals surface area contributed by atoms with Crippen LogP contribution in [0.25, 0.3) is 6.08 Å². The van der Waals surface area contributed by atoms with E-state index in [0.29, 0.717) is 18.7 Å². The molecule has 6 heteroatoms. The number of para-hydroxylation sites is 1. The molecule has 1 rings (SSSR count). The molecule has 0 aliphatic carbocycles. The smallest absolute Gasteiger partial charge is 0.387 e. The summed E-state index contributed by atoms with van der Waals surface area (Å²) in [6.45, 7) is 0.987. The number of hydrogen-bond acceptors (Lipinski definition) is 4. The number of benzene rings is 1. The molecular formula is C15H21F2NO3. The Morgan fingerprint density at radius 3 is 2.71 bits per heavy atom. The van der Waals surface area contributed by atoms with Crippen molar-refractivity contribution in [2.75, 3.05) is 33.9 Å². The Kier molecular flexibility index (Phi) is 7.71. The zero-order valence-corrected chi connectivity index (χ0v) is 12.5. The monoisotopic (exact) mass is 301 g/mol. The maximum atomic E-state index is 12.5. The molecule has 0 aromatic heterocycles. The minimum absolute atomic E-state index is 0.0474. The number of halogens is 2. The van der Waals surface area contributed by atoms with Gasteiger partial charge in [0, 0.05) is 25.8 Å². The Morgan fingerprint density at radius 2 is 2.10 bits per heavy atom. The van der Waals surface area contributed by atoms with Crippen molar-refractivity contribution in [2.45, 2.75) is 13.5 Å². The largest absolute Gasteiger partial charge is 0.493 e. The summed E-state index contributed by atoms with van der Waals surface area (Å²) in [4.78, 5) is 0. The van der Waals surface area contributed by atoms with E-state index >= 15 is 0 Å². The van der Waals surface area contributed by atoms with Gasteiger partial charge in [0.25, 0.3) is 0 Å². The number of nitrogens with one attached hydrogen (secondary N) is 1. The van der Waals surface area contributed by atoms with Gasteiger partial charge in [0.05, 0.1) is 13.7 Å². The predicted molar refractivity (Wildman–Crippen MR) is 78.0 cm³/mol. The number of alkyl halides is 2. The van der Waals surface area contributed by atoms with Crippen LogP contribution in [0.3, 0.4) is 0 Å². The molecular weight excluding hydrogens is 280 g/mol. The van der Waals surface area contributed by atoms with Gasteiger partial charge in [0.2, 0.25) is 0 Å². The van der Waals surface area contributed by atoms with E-state index in [-0.39, 0.29) is 11.5 Å². The van der Waals surface area contributed by atoms with Crippen molar-refractivity contribution < 1.29 is 23.0 Å². The molecule has 0 unspecified atom stereocenters. The molecule has 1 aromatic rings. The molecule has 1 N–H and O–H groups in total. The van der Waals surface area contributed by atoms with Crippen LogP contribution in [-0.4, -0.2) is 40.5 Å². The van der Waals surface area contributed by atoms with E-state index in [1.807, 2.05) is 6.92 Å². The molecule has 0 saturated heterocycles. The molecule has 0 heterocycles. The van der Waals surface area contributed by atoms with E-state index in [1.54, 1.807) is 31.4 Å². The van der Waals surface area contributed by atoms with E-state index in [0.717, 1.165) is 12.1 Å². The van der Waals surface area contributed by atoms with E-state index < -0.39 is 6.61 Å². The second-order valence-electron chi connectivity index (χ2n) is 4.42. The van der Waals surface area contributed by atoms with Crippen molar-refractivity contribution in [1.82, 2.24) is 5.32 Å². The van der Waals surface area contributed by atoms with Gasteiger partial charge in [0.15, 0.2) is 11.5 Å². The molecule has 0 aliphatic rings. The maximum absolute atomic E-state index is 12.5. The summed E-state index contributed by atoms with van der Waals surface area (Å²) in [6, 6.07) is 5.02. The first-order valence-corrected chi connectivity index (χ1v) is 6.57. The fourth-order valence-electron chi connectivity index (χ4n) is 1.80. The van der Waals surface area contributed by atoms with E-state index in [1.165, 1.54) is 7.11 Å². The molecule has 21 heavy (non-hydrogen) atoms. The van der Waals surface area contributed by atoms with Crippen LogP contribution in [0.15, 0.2) is 23.8 Å². The summed E-state index contributed by atoms with van der Waals surface area (Å²) in [7, 11) is 3.05. The van der Waals surface area contributed by atoms with Crippen molar-refractivity contribution >= 4 is 6.08 Å². The van der Waals surface area contributed by atoms with Crippen LogP contribution >= 0.6 is 0 Å². The third-order valence-corrected chi connectivity index (χ3v) is 2.72. The van der Waals surface area contributed by atoms with Gasteiger partial charge in [-0.15, -0.1) is 0 Å². The maximum Gasteiger partial charge on any atom is 0.387 e. The lowest BCUT2D eigenvalue weighted by Gasteiger charge is -2.13. The van der Waals surface area contributed by atoms with Gasteiger partial charge in [0.1, 0.15) is 0 Å². The lowest BCUT2D eigenvalue weighted by atomic mass is 10.1. The topological polar surface area (TPSA) is 39.7 Å². The quantitative estimate of drug-likeness (QED) is 0.712. The molecule has 0 amide bonds. The lowest BCUT2D eigenvalue weighted by molar-refractivity contribution is -0.0513. The average molecular weight is 301 g/mol. The number of rotatable bonds is 9. The van der Waals surface area contributed by atoms with Gasteiger partial charge < -0.3 is 19.5 Å². The van der Waals surface area contributed by atoms with Crippen molar-refractivity contribution in [3.8, 4) is 11.5 Å². The Labute approximate surface area is 123 Å². The first-order valence-electron chi connectivity index (χ1n) is 6.57. The molecule has 0 fully saturated rings. The van der Waals surface area contributed by atoms with Crippen LogP contribution in [0.4, 0.5) is 8.78 Å². The third kappa shape index (κ3) is 6.10. The number of ether oxygens (including phenoxy) is 3. The summed E-state index contributed by atoms with van der Waals surface area (Å²) >= 11 is 0. The molecule has 0 aliphatic heterocycles. The zero-order valence-electron chi connectivity index (χ0n) is 12.5.